The van der Waals surface area contributed by atoms with Gasteiger partial charge in [-0.05, 0) is 18.2 Å². The fourth-order valence-electron chi connectivity index (χ4n) is 1.25. The van der Waals surface area contributed by atoms with E-state index in [1.54, 1.807) is 19.1 Å². The fraction of sp³-hybridized carbons (Fsp3) is 0.364. The van der Waals surface area contributed by atoms with E-state index in [1.807, 2.05) is 0 Å². The van der Waals surface area contributed by atoms with Gasteiger partial charge in [0.15, 0.2) is 9.84 Å². The Kier molecular flexibility index (Phi) is 4.98. The van der Waals surface area contributed by atoms with Crippen LogP contribution in [0.4, 0.5) is 11.4 Å². The lowest BCUT2D eigenvalue weighted by Crippen LogP contribution is -2.18. The van der Waals surface area contributed by atoms with Gasteiger partial charge in [0.25, 0.3) is 0 Å². The van der Waals surface area contributed by atoms with Gasteiger partial charge in [-0.3, -0.25) is 4.79 Å². The predicted molar refractivity (Wildman–Crippen MR) is 73.4 cm³/mol. The molecule has 0 saturated heterocycles. The SMILES string of the molecule is CCS(=O)(=O)CCC(=O)Nc1ccc(Cl)cc1N. The number of amides is 1. The zero-order valence-electron chi connectivity index (χ0n) is 9.94. The van der Waals surface area contributed by atoms with Crippen molar-refractivity contribution in [2.75, 3.05) is 22.6 Å². The molecule has 0 spiro atoms. The first-order chi connectivity index (χ1) is 8.34. The molecule has 0 unspecified atom stereocenters. The summed E-state index contributed by atoms with van der Waals surface area (Å²) in [6, 6.07) is 4.68. The van der Waals surface area contributed by atoms with E-state index in [1.165, 1.54) is 6.07 Å². The zero-order chi connectivity index (χ0) is 13.8. The van der Waals surface area contributed by atoms with Crippen molar-refractivity contribution in [2.24, 2.45) is 0 Å². The largest absolute Gasteiger partial charge is 0.397 e. The molecule has 0 bridgehead atoms. The van der Waals surface area contributed by atoms with Crippen LogP contribution >= 0.6 is 11.6 Å². The summed E-state index contributed by atoms with van der Waals surface area (Å²) in [5, 5.41) is 3.02. The molecule has 0 heterocycles. The van der Waals surface area contributed by atoms with E-state index < -0.39 is 9.84 Å². The smallest absolute Gasteiger partial charge is 0.225 e. The van der Waals surface area contributed by atoms with Crippen LogP contribution in [0, 0.1) is 0 Å². The third-order valence-corrected chi connectivity index (χ3v) is 4.31. The molecule has 1 amide bonds. The van der Waals surface area contributed by atoms with Crippen molar-refractivity contribution >= 4 is 38.7 Å². The van der Waals surface area contributed by atoms with Crippen molar-refractivity contribution in [3.63, 3.8) is 0 Å². The number of carbonyl (C=O) groups excluding carboxylic acids is 1. The molecule has 7 heteroatoms. The van der Waals surface area contributed by atoms with E-state index in [9.17, 15) is 13.2 Å². The van der Waals surface area contributed by atoms with Gasteiger partial charge in [-0.2, -0.15) is 0 Å². The summed E-state index contributed by atoms with van der Waals surface area (Å²) in [7, 11) is -3.14. The molecule has 0 aliphatic heterocycles. The minimum absolute atomic E-state index is 0.0311. The van der Waals surface area contributed by atoms with Crippen LogP contribution < -0.4 is 11.1 Å². The van der Waals surface area contributed by atoms with Gasteiger partial charge in [0.2, 0.25) is 5.91 Å². The highest BCUT2D eigenvalue weighted by Gasteiger charge is 2.12. The molecule has 0 aliphatic carbocycles. The Balaban J connectivity index is 2.60. The second-order valence-electron chi connectivity index (χ2n) is 3.77. The van der Waals surface area contributed by atoms with E-state index in [4.69, 9.17) is 17.3 Å². The average Bonchev–Trinajstić information content (AvgIpc) is 2.30. The number of carbonyl (C=O) groups is 1. The van der Waals surface area contributed by atoms with Crippen molar-refractivity contribution in [1.82, 2.24) is 0 Å². The third-order valence-electron chi connectivity index (χ3n) is 2.37. The maximum atomic E-state index is 11.5. The van der Waals surface area contributed by atoms with Crippen LogP contribution in [0.3, 0.4) is 0 Å². The topological polar surface area (TPSA) is 89.3 Å². The minimum atomic E-state index is -3.14. The van der Waals surface area contributed by atoms with Gasteiger partial charge in [0, 0.05) is 17.2 Å². The van der Waals surface area contributed by atoms with Crippen molar-refractivity contribution < 1.29 is 13.2 Å². The number of halogens is 1. The normalized spacial score (nSPS) is 11.2. The highest BCUT2D eigenvalue weighted by molar-refractivity contribution is 7.91. The highest BCUT2D eigenvalue weighted by atomic mass is 35.5. The Morgan fingerprint density at radius 2 is 2.11 bits per heavy atom. The number of sulfone groups is 1. The number of nitrogen functional groups attached to an aromatic ring is 1. The first kappa shape index (κ1) is 14.8. The molecule has 5 nitrogen and oxygen atoms in total. The molecule has 0 aromatic heterocycles. The van der Waals surface area contributed by atoms with Gasteiger partial charge in [-0.15, -0.1) is 0 Å². The van der Waals surface area contributed by atoms with Crippen molar-refractivity contribution in [1.29, 1.82) is 0 Å². The van der Waals surface area contributed by atoms with E-state index >= 15 is 0 Å². The molecule has 1 rings (SSSR count). The molecule has 1 aromatic carbocycles. The van der Waals surface area contributed by atoms with Crippen molar-refractivity contribution in [2.45, 2.75) is 13.3 Å². The van der Waals surface area contributed by atoms with E-state index in [0.29, 0.717) is 16.4 Å². The van der Waals surface area contributed by atoms with Crippen LogP contribution in [0.15, 0.2) is 18.2 Å². The number of nitrogens with one attached hydrogen (secondary N) is 1. The van der Waals surface area contributed by atoms with E-state index in [-0.39, 0.29) is 23.8 Å². The van der Waals surface area contributed by atoms with Gasteiger partial charge in [-0.1, -0.05) is 18.5 Å². The summed E-state index contributed by atoms with van der Waals surface area (Å²) in [5.41, 5.74) is 6.43. The lowest BCUT2D eigenvalue weighted by Gasteiger charge is -2.08. The first-order valence-corrected chi connectivity index (χ1v) is 7.59. The molecule has 0 atom stereocenters. The lowest BCUT2D eigenvalue weighted by atomic mass is 10.2. The summed E-state index contributed by atoms with van der Waals surface area (Å²) < 4.78 is 22.5. The van der Waals surface area contributed by atoms with Crippen LogP contribution in [-0.2, 0) is 14.6 Å². The first-order valence-electron chi connectivity index (χ1n) is 5.39. The summed E-state index contributed by atoms with van der Waals surface area (Å²) in [6.07, 6.45) is -0.0851. The number of benzene rings is 1. The molecule has 0 fully saturated rings. The summed E-state index contributed by atoms with van der Waals surface area (Å²) in [4.78, 5) is 11.5. The Hall–Kier alpha value is -1.27. The number of nitrogens with two attached hydrogens (primary N) is 1. The van der Waals surface area contributed by atoms with Gasteiger partial charge in [0.1, 0.15) is 0 Å². The third kappa shape index (κ3) is 4.54. The van der Waals surface area contributed by atoms with Crippen molar-refractivity contribution in [3.05, 3.63) is 23.2 Å². The van der Waals surface area contributed by atoms with Gasteiger partial charge in [-0.25, -0.2) is 8.42 Å². The van der Waals surface area contributed by atoms with E-state index in [0.717, 1.165) is 0 Å². The molecule has 3 N–H and O–H groups in total. The standard InChI is InChI=1S/C11H15ClN2O3S/c1-2-18(16,17)6-5-11(15)14-10-4-3-8(12)7-9(10)13/h3-4,7H,2,5-6,13H2,1H3,(H,14,15). The minimum Gasteiger partial charge on any atom is -0.397 e. The van der Waals surface area contributed by atoms with Crippen LogP contribution in [0.2, 0.25) is 5.02 Å². The van der Waals surface area contributed by atoms with Gasteiger partial charge < -0.3 is 11.1 Å². The van der Waals surface area contributed by atoms with Gasteiger partial charge in [0.05, 0.1) is 17.1 Å². The second-order valence-corrected chi connectivity index (χ2v) is 6.68. The Bertz CT molecular complexity index is 543. The average molecular weight is 291 g/mol. The quantitative estimate of drug-likeness (QED) is 0.808. The summed E-state index contributed by atoms with van der Waals surface area (Å²) >= 11 is 5.72. The van der Waals surface area contributed by atoms with Crippen molar-refractivity contribution in [3.8, 4) is 0 Å². The molecule has 18 heavy (non-hydrogen) atoms. The lowest BCUT2D eigenvalue weighted by molar-refractivity contribution is -0.115. The number of rotatable bonds is 5. The van der Waals surface area contributed by atoms with Crippen LogP contribution in [-0.4, -0.2) is 25.8 Å². The van der Waals surface area contributed by atoms with Gasteiger partial charge >= 0.3 is 0 Å². The molecule has 100 valence electrons. The summed E-state index contributed by atoms with van der Waals surface area (Å²) in [6.45, 7) is 1.55. The Morgan fingerprint density at radius 1 is 1.44 bits per heavy atom. The molecular formula is C11H15ClN2O3S. The molecule has 1 aromatic rings. The molecule has 0 saturated carbocycles. The molecular weight excluding hydrogens is 276 g/mol. The Morgan fingerprint density at radius 3 is 2.67 bits per heavy atom. The second kappa shape index (κ2) is 6.06. The Labute approximate surface area is 111 Å². The maximum Gasteiger partial charge on any atom is 0.225 e. The number of hydrogen-bond acceptors (Lipinski definition) is 4. The molecule has 0 radical (unpaired) electrons. The number of anilines is 2. The molecule has 0 aliphatic rings. The van der Waals surface area contributed by atoms with Crippen LogP contribution in [0.5, 0.6) is 0 Å². The number of hydrogen-bond donors (Lipinski definition) is 2. The zero-order valence-corrected chi connectivity index (χ0v) is 11.5. The summed E-state index contributed by atoms with van der Waals surface area (Å²) in [5.74, 6) is -0.521. The predicted octanol–water partition coefficient (Wildman–Crippen LogP) is 1.69. The highest BCUT2D eigenvalue weighted by Crippen LogP contribution is 2.22. The van der Waals surface area contributed by atoms with E-state index in [2.05, 4.69) is 5.32 Å². The maximum absolute atomic E-state index is 11.5. The fourth-order valence-corrected chi connectivity index (χ4v) is 2.22. The monoisotopic (exact) mass is 290 g/mol. The van der Waals surface area contributed by atoms with Crippen LogP contribution in [0.1, 0.15) is 13.3 Å². The van der Waals surface area contributed by atoms with Crippen LogP contribution in [0.25, 0.3) is 0 Å².